The van der Waals surface area contributed by atoms with Crippen LogP contribution >= 0.6 is 23.2 Å². The van der Waals surface area contributed by atoms with Gasteiger partial charge < -0.3 is 0 Å². The van der Waals surface area contributed by atoms with Crippen molar-refractivity contribution in [3.8, 4) is 5.82 Å². The Kier molecular flexibility index (Phi) is 2.16. The monoisotopic (exact) mass is 214 g/mol. The Hall–Kier alpha value is -1.13. The molecule has 2 rings (SSSR count). The molecule has 2 aromatic rings. The Balaban J connectivity index is 2.41. The third-order valence-corrected chi connectivity index (χ3v) is 1.83. The van der Waals surface area contributed by atoms with Crippen LogP contribution < -0.4 is 0 Å². The fourth-order valence-electron chi connectivity index (χ4n) is 0.871. The maximum atomic E-state index is 5.64. The van der Waals surface area contributed by atoms with Crippen molar-refractivity contribution in [2.24, 2.45) is 0 Å². The molecular formula is C7H4Cl2N4. The summed E-state index contributed by atoms with van der Waals surface area (Å²) in [6.45, 7) is 0. The van der Waals surface area contributed by atoms with Crippen molar-refractivity contribution >= 4 is 23.2 Å². The zero-order valence-corrected chi connectivity index (χ0v) is 7.87. The van der Waals surface area contributed by atoms with Crippen LogP contribution in [0.1, 0.15) is 0 Å². The minimum atomic E-state index is 0.356. The van der Waals surface area contributed by atoms with E-state index in [0.29, 0.717) is 16.1 Å². The number of rotatable bonds is 1. The van der Waals surface area contributed by atoms with E-state index in [-0.39, 0.29) is 0 Å². The summed E-state index contributed by atoms with van der Waals surface area (Å²) in [6.07, 6.45) is 3.19. The molecule has 0 aliphatic carbocycles. The fourth-order valence-corrected chi connectivity index (χ4v) is 1.12. The largest absolute Gasteiger partial charge is 0.287 e. The molecule has 0 saturated carbocycles. The quantitative estimate of drug-likeness (QED) is 0.730. The molecule has 6 heteroatoms. The second-order valence-electron chi connectivity index (χ2n) is 2.32. The molecule has 0 N–H and O–H groups in total. The van der Waals surface area contributed by atoms with Crippen molar-refractivity contribution in [1.29, 1.82) is 0 Å². The lowest BCUT2D eigenvalue weighted by Crippen LogP contribution is -1.95. The van der Waals surface area contributed by atoms with Crippen LogP contribution in [0.4, 0.5) is 0 Å². The van der Waals surface area contributed by atoms with Crippen LogP contribution in [0.25, 0.3) is 5.82 Å². The zero-order chi connectivity index (χ0) is 9.26. The fraction of sp³-hybridized carbons (Fsp3) is 0. The minimum Gasteiger partial charge on any atom is -0.287 e. The lowest BCUT2D eigenvalue weighted by molar-refractivity contribution is 0.912. The van der Waals surface area contributed by atoms with Gasteiger partial charge in [0.15, 0.2) is 11.0 Å². The Morgan fingerprint density at radius 3 is 2.46 bits per heavy atom. The van der Waals surface area contributed by atoms with E-state index >= 15 is 0 Å². The van der Waals surface area contributed by atoms with Gasteiger partial charge in [-0.05, 0) is 12.1 Å². The van der Waals surface area contributed by atoms with Crippen LogP contribution in [-0.2, 0) is 0 Å². The number of hydrogen-bond acceptors (Lipinski definition) is 3. The minimum absolute atomic E-state index is 0.356. The first-order valence-electron chi connectivity index (χ1n) is 3.45. The van der Waals surface area contributed by atoms with Gasteiger partial charge >= 0.3 is 0 Å². The van der Waals surface area contributed by atoms with Gasteiger partial charge in [0.2, 0.25) is 0 Å². The van der Waals surface area contributed by atoms with Gasteiger partial charge in [0.25, 0.3) is 0 Å². The molecule has 0 unspecified atom stereocenters. The molecule has 2 aromatic heterocycles. The average Bonchev–Trinajstić information content (AvgIpc) is 2.53. The zero-order valence-electron chi connectivity index (χ0n) is 6.35. The number of halogens is 2. The van der Waals surface area contributed by atoms with E-state index in [1.165, 1.54) is 0 Å². The van der Waals surface area contributed by atoms with E-state index in [1.807, 2.05) is 0 Å². The summed E-state index contributed by atoms with van der Waals surface area (Å²) in [5, 5.41) is 8.30. The number of hydrogen-bond donors (Lipinski definition) is 0. The summed E-state index contributed by atoms with van der Waals surface area (Å²) in [4.78, 5) is 3.84. The van der Waals surface area contributed by atoms with E-state index in [4.69, 9.17) is 23.2 Å². The highest BCUT2D eigenvalue weighted by atomic mass is 35.5. The molecule has 0 saturated heterocycles. The summed E-state index contributed by atoms with van der Waals surface area (Å²) in [5.74, 6) is 0.629. The van der Waals surface area contributed by atoms with Gasteiger partial charge in [-0.3, -0.25) is 4.57 Å². The van der Waals surface area contributed by atoms with Crippen molar-refractivity contribution < 1.29 is 0 Å². The second kappa shape index (κ2) is 3.32. The smallest absolute Gasteiger partial charge is 0.160 e. The van der Waals surface area contributed by atoms with Crippen LogP contribution in [0.5, 0.6) is 0 Å². The standard InChI is InChI=1S/C7H4Cl2N4/c8-5-1-2-7(12-11-5)13-3-6(9)10-4-13/h1-4H. The van der Waals surface area contributed by atoms with E-state index in [2.05, 4.69) is 15.2 Å². The third-order valence-electron chi connectivity index (χ3n) is 1.43. The third kappa shape index (κ3) is 1.79. The topological polar surface area (TPSA) is 43.6 Å². The molecule has 0 aliphatic rings. The predicted octanol–water partition coefficient (Wildman–Crippen LogP) is 1.97. The first kappa shape index (κ1) is 8.47. The molecule has 0 fully saturated rings. The molecule has 0 spiro atoms. The second-order valence-corrected chi connectivity index (χ2v) is 3.09. The van der Waals surface area contributed by atoms with Crippen LogP contribution in [0.15, 0.2) is 24.7 Å². The van der Waals surface area contributed by atoms with Crippen molar-refractivity contribution in [2.45, 2.75) is 0 Å². The average molecular weight is 215 g/mol. The highest BCUT2D eigenvalue weighted by Crippen LogP contribution is 2.09. The lowest BCUT2D eigenvalue weighted by atomic mass is 10.5. The maximum absolute atomic E-state index is 5.64. The van der Waals surface area contributed by atoms with E-state index in [9.17, 15) is 0 Å². The molecule has 0 bridgehead atoms. The Labute approximate surface area is 84.1 Å². The molecule has 0 aromatic carbocycles. The summed E-state index contributed by atoms with van der Waals surface area (Å²) >= 11 is 11.2. The first-order valence-corrected chi connectivity index (χ1v) is 4.20. The van der Waals surface area contributed by atoms with Gasteiger partial charge in [0.05, 0.1) is 0 Å². The van der Waals surface area contributed by atoms with Crippen LogP contribution in [-0.4, -0.2) is 19.7 Å². The SMILES string of the molecule is Clc1cn(-c2ccc(Cl)nn2)cn1. The molecule has 0 amide bonds. The maximum Gasteiger partial charge on any atom is 0.160 e. The number of nitrogens with zero attached hydrogens (tertiary/aromatic N) is 4. The van der Waals surface area contributed by atoms with E-state index in [1.54, 1.807) is 29.2 Å². The van der Waals surface area contributed by atoms with E-state index in [0.717, 1.165) is 0 Å². The van der Waals surface area contributed by atoms with Crippen molar-refractivity contribution in [1.82, 2.24) is 19.7 Å². The van der Waals surface area contributed by atoms with Gasteiger partial charge in [0.1, 0.15) is 11.5 Å². The number of aromatic nitrogens is 4. The molecule has 4 nitrogen and oxygen atoms in total. The first-order chi connectivity index (χ1) is 6.25. The predicted molar refractivity (Wildman–Crippen MR) is 49.2 cm³/mol. The van der Waals surface area contributed by atoms with Gasteiger partial charge in [-0.2, -0.15) is 0 Å². The van der Waals surface area contributed by atoms with E-state index < -0.39 is 0 Å². The molecule has 0 aliphatic heterocycles. The molecule has 0 radical (unpaired) electrons. The Bertz CT molecular complexity index is 409. The normalized spacial score (nSPS) is 10.3. The highest BCUT2D eigenvalue weighted by Gasteiger charge is 1.99. The van der Waals surface area contributed by atoms with Gasteiger partial charge in [-0.1, -0.05) is 23.2 Å². The van der Waals surface area contributed by atoms with Gasteiger partial charge in [-0.15, -0.1) is 10.2 Å². The van der Waals surface area contributed by atoms with Crippen molar-refractivity contribution in [3.05, 3.63) is 35.0 Å². The van der Waals surface area contributed by atoms with Crippen LogP contribution in [0.2, 0.25) is 10.3 Å². The van der Waals surface area contributed by atoms with Crippen molar-refractivity contribution in [3.63, 3.8) is 0 Å². The van der Waals surface area contributed by atoms with Crippen molar-refractivity contribution in [2.75, 3.05) is 0 Å². The highest BCUT2D eigenvalue weighted by molar-refractivity contribution is 6.29. The molecule has 66 valence electrons. The summed E-state index contributed by atoms with van der Waals surface area (Å²) in [6, 6.07) is 3.38. The van der Waals surface area contributed by atoms with Gasteiger partial charge in [0, 0.05) is 6.20 Å². The lowest BCUT2D eigenvalue weighted by Gasteiger charge is -1.97. The van der Waals surface area contributed by atoms with Crippen LogP contribution in [0, 0.1) is 0 Å². The Morgan fingerprint density at radius 1 is 1.08 bits per heavy atom. The molecular weight excluding hydrogens is 211 g/mol. The molecule has 13 heavy (non-hydrogen) atoms. The number of imidazole rings is 1. The van der Waals surface area contributed by atoms with Gasteiger partial charge in [-0.25, -0.2) is 4.98 Å². The Morgan fingerprint density at radius 2 is 1.92 bits per heavy atom. The summed E-state index contributed by atoms with van der Waals surface area (Å²) in [7, 11) is 0. The van der Waals surface area contributed by atoms with Crippen LogP contribution in [0.3, 0.4) is 0 Å². The summed E-state index contributed by atoms with van der Waals surface area (Å²) in [5.41, 5.74) is 0. The molecule has 0 atom stereocenters. The summed E-state index contributed by atoms with van der Waals surface area (Å²) < 4.78 is 1.66. The molecule has 2 heterocycles.